The first-order chi connectivity index (χ1) is 15.3. The standard InChI is InChI=1S/C21H25FN6O4/c1-12-16(11-26(2)24-12)17-8-18(32-25-17)21(30)27(3)13-5-6-28(10-13)20(29)15-7-14(31-4)9-23-19(15)22/h7,9,11,13,18H,5-6,8,10H2,1-4H3. The molecule has 2 atom stereocenters. The quantitative estimate of drug-likeness (QED) is 0.641. The number of oxime groups is 1. The van der Waals surface area contributed by atoms with E-state index in [4.69, 9.17) is 9.57 Å². The van der Waals surface area contributed by atoms with E-state index in [9.17, 15) is 14.0 Å². The van der Waals surface area contributed by atoms with Gasteiger partial charge < -0.3 is 19.4 Å². The first kappa shape index (κ1) is 21.7. The number of likely N-dealkylation sites (tertiary alicyclic amines) is 1. The van der Waals surface area contributed by atoms with Crippen molar-refractivity contribution in [3.63, 3.8) is 0 Å². The van der Waals surface area contributed by atoms with Gasteiger partial charge in [-0.3, -0.25) is 14.3 Å². The lowest BCUT2D eigenvalue weighted by Gasteiger charge is -2.26. The minimum absolute atomic E-state index is 0.150. The van der Waals surface area contributed by atoms with Crippen molar-refractivity contribution in [3.8, 4) is 5.75 Å². The maximum atomic E-state index is 14.1. The van der Waals surface area contributed by atoms with Crippen molar-refractivity contribution in [3.05, 3.63) is 41.2 Å². The fraction of sp³-hybridized carbons (Fsp3) is 0.476. The number of carbonyl (C=O) groups is 2. The molecule has 2 aliphatic heterocycles. The minimum atomic E-state index is -0.849. The molecule has 0 aromatic carbocycles. The van der Waals surface area contributed by atoms with Crippen LogP contribution in [0.15, 0.2) is 23.6 Å². The molecule has 10 nitrogen and oxygen atoms in total. The minimum Gasteiger partial charge on any atom is -0.495 e. The molecule has 1 saturated heterocycles. The number of likely N-dealkylation sites (N-methyl/N-ethyl adjacent to an activating group) is 1. The van der Waals surface area contributed by atoms with E-state index in [0.717, 1.165) is 11.3 Å². The number of carbonyl (C=O) groups excluding carboxylic acids is 2. The molecule has 2 aromatic heterocycles. The van der Waals surface area contributed by atoms with Crippen LogP contribution in [0.5, 0.6) is 5.75 Å². The molecule has 2 amide bonds. The maximum absolute atomic E-state index is 14.1. The van der Waals surface area contributed by atoms with Crippen molar-refractivity contribution < 1.29 is 23.6 Å². The van der Waals surface area contributed by atoms with Crippen molar-refractivity contribution in [1.82, 2.24) is 24.6 Å². The number of pyridine rings is 1. The summed E-state index contributed by atoms with van der Waals surface area (Å²) in [5.74, 6) is -1.24. The van der Waals surface area contributed by atoms with Gasteiger partial charge in [0, 0.05) is 45.4 Å². The average Bonchev–Trinajstić information content (AvgIpc) is 3.52. The van der Waals surface area contributed by atoms with Crippen LogP contribution < -0.4 is 4.74 Å². The fourth-order valence-corrected chi connectivity index (χ4v) is 4.06. The van der Waals surface area contributed by atoms with Gasteiger partial charge in [-0.2, -0.15) is 9.49 Å². The smallest absolute Gasteiger partial charge is 0.266 e. The number of amides is 2. The monoisotopic (exact) mass is 444 g/mol. The van der Waals surface area contributed by atoms with Gasteiger partial charge in [0.15, 0.2) is 0 Å². The molecule has 170 valence electrons. The number of aryl methyl sites for hydroxylation is 2. The lowest BCUT2D eigenvalue weighted by Crippen LogP contribution is -2.44. The molecule has 2 unspecified atom stereocenters. The lowest BCUT2D eigenvalue weighted by atomic mass is 10.0. The second-order valence-corrected chi connectivity index (χ2v) is 7.99. The summed E-state index contributed by atoms with van der Waals surface area (Å²) in [7, 11) is 4.93. The fourth-order valence-electron chi connectivity index (χ4n) is 4.06. The largest absolute Gasteiger partial charge is 0.495 e. The summed E-state index contributed by atoms with van der Waals surface area (Å²) in [6.45, 7) is 2.57. The Balaban J connectivity index is 1.38. The third-order valence-electron chi connectivity index (χ3n) is 5.89. The van der Waals surface area contributed by atoms with Crippen LogP contribution in [0, 0.1) is 12.9 Å². The Hall–Kier alpha value is -3.50. The number of halogens is 1. The van der Waals surface area contributed by atoms with Gasteiger partial charge in [-0.05, 0) is 19.4 Å². The number of methoxy groups -OCH3 is 1. The van der Waals surface area contributed by atoms with E-state index in [2.05, 4.69) is 15.2 Å². The summed E-state index contributed by atoms with van der Waals surface area (Å²) in [6.07, 6.45) is 3.28. The zero-order chi connectivity index (χ0) is 23.0. The van der Waals surface area contributed by atoms with E-state index in [1.807, 2.05) is 20.2 Å². The first-order valence-corrected chi connectivity index (χ1v) is 10.3. The predicted molar refractivity (Wildman–Crippen MR) is 112 cm³/mol. The molecule has 0 radical (unpaired) electrons. The van der Waals surface area contributed by atoms with Crippen LogP contribution >= 0.6 is 0 Å². The van der Waals surface area contributed by atoms with Crippen LogP contribution in [0.25, 0.3) is 0 Å². The van der Waals surface area contributed by atoms with Crippen molar-refractivity contribution in [2.24, 2.45) is 12.2 Å². The van der Waals surface area contributed by atoms with Crippen molar-refractivity contribution >= 4 is 17.5 Å². The molecule has 0 aliphatic carbocycles. The zero-order valence-corrected chi connectivity index (χ0v) is 18.4. The van der Waals surface area contributed by atoms with E-state index < -0.39 is 18.0 Å². The van der Waals surface area contributed by atoms with E-state index in [0.29, 0.717) is 37.4 Å². The normalized spacial score (nSPS) is 20.2. The maximum Gasteiger partial charge on any atom is 0.266 e. The van der Waals surface area contributed by atoms with Gasteiger partial charge in [0.05, 0.1) is 36.3 Å². The molecule has 0 bridgehead atoms. The van der Waals surface area contributed by atoms with Gasteiger partial charge in [0.2, 0.25) is 12.1 Å². The lowest BCUT2D eigenvalue weighted by molar-refractivity contribution is -0.142. The molecular weight excluding hydrogens is 419 g/mol. The highest BCUT2D eigenvalue weighted by molar-refractivity contribution is 6.04. The Bertz CT molecular complexity index is 1080. The van der Waals surface area contributed by atoms with Crippen LogP contribution in [0.4, 0.5) is 4.39 Å². The second-order valence-electron chi connectivity index (χ2n) is 7.99. The molecule has 1 fully saturated rings. The number of hydrogen-bond donors (Lipinski definition) is 0. The van der Waals surface area contributed by atoms with Gasteiger partial charge in [-0.25, -0.2) is 4.98 Å². The molecule has 4 rings (SSSR count). The van der Waals surface area contributed by atoms with Gasteiger partial charge in [0.25, 0.3) is 11.8 Å². The van der Waals surface area contributed by atoms with Crippen molar-refractivity contribution in [1.29, 1.82) is 0 Å². The molecule has 0 N–H and O–H groups in total. The highest BCUT2D eigenvalue weighted by atomic mass is 19.1. The molecule has 2 aromatic rings. The number of ether oxygens (including phenoxy) is 1. The third kappa shape index (κ3) is 4.02. The number of rotatable bonds is 5. The zero-order valence-electron chi connectivity index (χ0n) is 18.4. The van der Waals surface area contributed by atoms with Crippen LogP contribution in [-0.4, -0.2) is 81.5 Å². The van der Waals surface area contributed by atoms with Crippen LogP contribution in [0.2, 0.25) is 0 Å². The van der Waals surface area contributed by atoms with Gasteiger partial charge in [0.1, 0.15) is 5.75 Å². The summed E-state index contributed by atoms with van der Waals surface area (Å²) in [5.41, 5.74) is 2.21. The van der Waals surface area contributed by atoms with E-state index in [-0.39, 0.29) is 17.5 Å². The van der Waals surface area contributed by atoms with Crippen molar-refractivity contribution in [2.75, 3.05) is 27.2 Å². The van der Waals surface area contributed by atoms with Crippen molar-refractivity contribution in [2.45, 2.75) is 31.9 Å². The second kappa shape index (κ2) is 8.56. The predicted octanol–water partition coefficient (Wildman–Crippen LogP) is 1.14. The topological polar surface area (TPSA) is 102 Å². The third-order valence-corrected chi connectivity index (χ3v) is 5.89. The molecule has 32 heavy (non-hydrogen) atoms. The Kier molecular flexibility index (Phi) is 5.81. The molecule has 2 aliphatic rings. The molecule has 0 spiro atoms. The van der Waals surface area contributed by atoms with Gasteiger partial charge >= 0.3 is 0 Å². The van der Waals surface area contributed by atoms with Gasteiger partial charge in [-0.1, -0.05) is 5.16 Å². The van der Waals surface area contributed by atoms with Crippen LogP contribution in [0.3, 0.4) is 0 Å². The molecule has 0 saturated carbocycles. The summed E-state index contributed by atoms with van der Waals surface area (Å²) in [4.78, 5) is 37.9. The summed E-state index contributed by atoms with van der Waals surface area (Å²) >= 11 is 0. The Morgan fingerprint density at radius 3 is 2.84 bits per heavy atom. The average molecular weight is 444 g/mol. The SMILES string of the molecule is COc1cnc(F)c(C(=O)N2CCC(N(C)C(=O)C3CC(c4cn(C)nc4C)=NO3)C2)c1. The molecular formula is C21H25FN6O4. The van der Waals surface area contributed by atoms with Crippen LogP contribution in [-0.2, 0) is 16.7 Å². The van der Waals surface area contributed by atoms with Crippen LogP contribution in [0.1, 0.15) is 34.5 Å². The van der Waals surface area contributed by atoms with E-state index in [1.165, 1.54) is 24.3 Å². The van der Waals surface area contributed by atoms with Gasteiger partial charge in [-0.15, -0.1) is 0 Å². The highest BCUT2D eigenvalue weighted by Crippen LogP contribution is 2.24. The number of nitrogens with zero attached hydrogens (tertiary/aromatic N) is 6. The summed E-state index contributed by atoms with van der Waals surface area (Å²) in [6, 6.07) is 1.12. The van der Waals surface area contributed by atoms with E-state index in [1.54, 1.807) is 16.6 Å². The summed E-state index contributed by atoms with van der Waals surface area (Å²) in [5, 5.41) is 8.39. The van der Waals surface area contributed by atoms with E-state index >= 15 is 0 Å². The Labute approximate surface area is 184 Å². The molecule has 4 heterocycles. The first-order valence-electron chi connectivity index (χ1n) is 10.3. The number of aromatic nitrogens is 3. The molecule has 11 heteroatoms. The Morgan fingerprint density at radius 1 is 1.38 bits per heavy atom. The summed E-state index contributed by atoms with van der Waals surface area (Å²) < 4.78 is 20.8. The Morgan fingerprint density at radius 2 is 2.16 bits per heavy atom. The number of hydrogen-bond acceptors (Lipinski definition) is 7. The highest BCUT2D eigenvalue weighted by Gasteiger charge is 2.38.